The lowest BCUT2D eigenvalue weighted by Crippen LogP contribution is -2.42. The molecular weight excluding hydrogens is 306 g/mol. The maximum atomic E-state index is 12.6. The number of rotatable bonds is 4. The number of amides is 1. The van der Waals surface area contributed by atoms with Gasteiger partial charge in [0.25, 0.3) is 5.91 Å². The number of piperidine rings is 1. The van der Waals surface area contributed by atoms with Crippen LogP contribution in [0.2, 0.25) is 0 Å². The highest BCUT2D eigenvalue weighted by Crippen LogP contribution is 2.35. The zero-order valence-electron chi connectivity index (χ0n) is 13.6. The summed E-state index contributed by atoms with van der Waals surface area (Å²) in [6.45, 7) is 3.46. The first-order valence-electron chi connectivity index (χ1n) is 8.27. The Morgan fingerprint density at radius 1 is 1.17 bits per heavy atom. The molecule has 5 nitrogen and oxygen atoms in total. The van der Waals surface area contributed by atoms with Crippen LogP contribution < -0.4 is 0 Å². The van der Waals surface area contributed by atoms with E-state index in [1.165, 1.54) is 17.7 Å². The molecule has 1 N–H and O–H groups in total. The number of nitrogens with zero attached hydrogens (tertiary/aromatic N) is 1. The van der Waals surface area contributed by atoms with Crippen molar-refractivity contribution >= 4 is 11.9 Å². The molecule has 1 aliphatic rings. The Labute approximate surface area is 140 Å². The van der Waals surface area contributed by atoms with E-state index in [0.717, 1.165) is 12.8 Å². The predicted molar refractivity (Wildman–Crippen MR) is 89.2 cm³/mol. The summed E-state index contributed by atoms with van der Waals surface area (Å²) in [6, 6.07) is 13.2. The average Bonchev–Trinajstić information content (AvgIpc) is 3.11. The van der Waals surface area contributed by atoms with Crippen molar-refractivity contribution in [3.05, 3.63) is 59.5 Å². The molecule has 1 amide bonds. The smallest absolute Gasteiger partial charge is 0.371 e. The van der Waals surface area contributed by atoms with E-state index >= 15 is 0 Å². The molecule has 1 fully saturated rings. The molecule has 1 aliphatic heterocycles. The molecule has 2 unspecified atom stereocenters. The third-order valence-corrected chi connectivity index (χ3v) is 4.80. The molecule has 1 saturated heterocycles. The van der Waals surface area contributed by atoms with E-state index < -0.39 is 5.97 Å². The van der Waals surface area contributed by atoms with E-state index in [9.17, 15) is 9.59 Å². The van der Waals surface area contributed by atoms with Crippen LogP contribution in [0, 0.1) is 5.92 Å². The van der Waals surface area contributed by atoms with Gasteiger partial charge in [0.05, 0.1) is 0 Å². The fourth-order valence-electron chi connectivity index (χ4n) is 3.49. The molecule has 0 saturated carbocycles. The Balaban J connectivity index is 1.73. The number of benzene rings is 1. The molecule has 126 valence electrons. The second kappa shape index (κ2) is 6.91. The van der Waals surface area contributed by atoms with Crippen molar-refractivity contribution in [1.29, 1.82) is 0 Å². The zero-order valence-corrected chi connectivity index (χ0v) is 13.6. The van der Waals surface area contributed by atoms with Crippen LogP contribution in [0.1, 0.15) is 52.4 Å². The van der Waals surface area contributed by atoms with Gasteiger partial charge in [-0.05, 0) is 36.0 Å². The monoisotopic (exact) mass is 327 g/mol. The summed E-state index contributed by atoms with van der Waals surface area (Å²) in [7, 11) is 0. The van der Waals surface area contributed by atoms with Gasteiger partial charge in [0.1, 0.15) is 0 Å². The highest BCUT2D eigenvalue weighted by atomic mass is 16.4. The number of carboxylic acid groups (broad SMARTS) is 1. The summed E-state index contributed by atoms with van der Waals surface area (Å²) in [6.07, 6.45) is 1.89. The molecule has 1 aromatic carbocycles. The molecule has 0 bridgehead atoms. The lowest BCUT2D eigenvalue weighted by Gasteiger charge is -2.38. The molecule has 24 heavy (non-hydrogen) atoms. The Morgan fingerprint density at radius 3 is 2.50 bits per heavy atom. The molecular formula is C19H21NO4. The third-order valence-electron chi connectivity index (χ3n) is 4.80. The number of carbonyl (C=O) groups excluding carboxylic acids is 1. The van der Waals surface area contributed by atoms with Crippen LogP contribution in [-0.2, 0) is 0 Å². The van der Waals surface area contributed by atoms with Crippen molar-refractivity contribution in [1.82, 2.24) is 4.90 Å². The minimum Gasteiger partial charge on any atom is -0.475 e. The van der Waals surface area contributed by atoms with E-state index in [0.29, 0.717) is 24.9 Å². The zero-order chi connectivity index (χ0) is 17.1. The van der Waals surface area contributed by atoms with Crippen LogP contribution >= 0.6 is 0 Å². The summed E-state index contributed by atoms with van der Waals surface area (Å²) < 4.78 is 5.15. The maximum Gasteiger partial charge on any atom is 0.371 e. The van der Waals surface area contributed by atoms with Crippen molar-refractivity contribution in [3.63, 3.8) is 0 Å². The van der Waals surface area contributed by atoms with Gasteiger partial charge in [0, 0.05) is 13.1 Å². The molecule has 2 heterocycles. The van der Waals surface area contributed by atoms with Crippen LogP contribution in [0.25, 0.3) is 0 Å². The van der Waals surface area contributed by atoms with Gasteiger partial charge in [-0.3, -0.25) is 4.79 Å². The quantitative estimate of drug-likeness (QED) is 0.931. The highest BCUT2D eigenvalue weighted by Gasteiger charge is 2.32. The van der Waals surface area contributed by atoms with Gasteiger partial charge in [-0.25, -0.2) is 4.79 Å². The fraction of sp³-hybridized carbons (Fsp3) is 0.368. The lowest BCUT2D eigenvalue weighted by atomic mass is 9.79. The van der Waals surface area contributed by atoms with Crippen molar-refractivity contribution in [3.8, 4) is 0 Å². The van der Waals surface area contributed by atoms with Gasteiger partial charge in [0.15, 0.2) is 5.76 Å². The van der Waals surface area contributed by atoms with Crippen molar-refractivity contribution in [2.45, 2.75) is 25.7 Å². The van der Waals surface area contributed by atoms with E-state index in [2.05, 4.69) is 31.2 Å². The Morgan fingerprint density at radius 2 is 1.88 bits per heavy atom. The van der Waals surface area contributed by atoms with Gasteiger partial charge in [-0.1, -0.05) is 43.7 Å². The molecule has 0 radical (unpaired) electrons. The summed E-state index contributed by atoms with van der Waals surface area (Å²) in [5, 5.41) is 8.91. The normalized spacial score (nSPS) is 20.8. The maximum absolute atomic E-state index is 12.6. The summed E-state index contributed by atoms with van der Waals surface area (Å²) in [4.78, 5) is 25.2. The van der Waals surface area contributed by atoms with E-state index in [1.807, 2.05) is 6.07 Å². The molecule has 0 spiro atoms. The van der Waals surface area contributed by atoms with Crippen LogP contribution in [0.5, 0.6) is 0 Å². The lowest BCUT2D eigenvalue weighted by molar-refractivity contribution is 0.0598. The molecule has 0 aliphatic carbocycles. The molecule has 1 aromatic heterocycles. The molecule has 5 heteroatoms. The number of hydrogen-bond acceptors (Lipinski definition) is 3. The standard InChI is InChI=1S/C19H21NO4/c1-2-13-12-20(11-10-15(13)14-6-4-3-5-7-14)18(21)16-8-9-17(24-16)19(22)23/h3-9,13,15H,2,10-12H2,1H3,(H,22,23). The van der Waals surface area contributed by atoms with Crippen molar-refractivity contribution < 1.29 is 19.1 Å². The molecule has 3 rings (SSSR count). The van der Waals surface area contributed by atoms with Gasteiger partial charge in [0.2, 0.25) is 5.76 Å². The van der Waals surface area contributed by atoms with Crippen molar-refractivity contribution in [2.24, 2.45) is 5.92 Å². The highest BCUT2D eigenvalue weighted by molar-refractivity contribution is 5.93. The second-order valence-electron chi connectivity index (χ2n) is 6.19. The number of aromatic carboxylic acids is 1. The summed E-state index contributed by atoms with van der Waals surface area (Å²) >= 11 is 0. The predicted octanol–water partition coefficient (Wildman–Crippen LogP) is 3.63. The number of likely N-dealkylation sites (tertiary alicyclic amines) is 1. The number of hydrogen-bond donors (Lipinski definition) is 1. The first-order valence-corrected chi connectivity index (χ1v) is 8.27. The van der Waals surface area contributed by atoms with Gasteiger partial charge in [-0.15, -0.1) is 0 Å². The van der Waals surface area contributed by atoms with E-state index in [-0.39, 0.29) is 17.4 Å². The minimum absolute atomic E-state index is 0.0976. The average molecular weight is 327 g/mol. The number of carbonyl (C=O) groups is 2. The van der Waals surface area contributed by atoms with Gasteiger partial charge in [-0.2, -0.15) is 0 Å². The van der Waals surface area contributed by atoms with Crippen LogP contribution in [0.15, 0.2) is 46.9 Å². The van der Waals surface area contributed by atoms with Crippen LogP contribution in [0.3, 0.4) is 0 Å². The summed E-state index contributed by atoms with van der Waals surface area (Å²) in [5.74, 6) is -0.661. The third kappa shape index (κ3) is 3.20. The Bertz CT molecular complexity index is 722. The Hall–Kier alpha value is -2.56. The first-order chi connectivity index (χ1) is 11.6. The Kier molecular flexibility index (Phi) is 4.69. The van der Waals surface area contributed by atoms with E-state index in [1.54, 1.807) is 4.90 Å². The number of furan rings is 1. The molecule has 2 aromatic rings. The molecule has 2 atom stereocenters. The largest absolute Gasteiger partial charge is 0.475 e. The van der Waals surface area contributed by atoms with Crippen molar-refractivity contribution in [2.75, 3.05) is 13.1 Å². The van der Waals surface area contributed by atoms with Gasteiger partial charge >= 0.3 is 5.97 Å². The second-order valence-corrected chi connectivity index (χ2v) is 6.19. The summed E-state index contributed by atoms with van der Waals surface area (Å²) in [5.41, 5.74) is 1.32. The minimum atomic E-state index is -1.16. The van der Waals surface area contributed by atoms with Crippen LogP contribution in [0.4, 0.5) is 0 Å². The van der Waals surface area contributed by atoms with Crippen LogP contribution in [-0.4, -0.2) is 35.0 Å². The van der Waals surface area contributed by atoms with Gasteiger partial charge < -0.3 is 14.4 Å². The first kappa shape index (κ1) is 16.3. The van der Waals surface area contributed by atoms with E-state index in [4.69, 9.17) is 9.52 Å². The topological polar surface area (TPSA) is 70.8 Å². The number of carboxylic acids is 1. The SMILES string of the molecule is CCC1CN(C(=O)c2ccc(C(=O)O)o2)CCC1c1ccccc1. The fourth-order valence-corrected chi connectivity index (χ4v) is 3.49.